The normalized spacial score (nSPS) is 25.7. The molecule has 2 aliphatic rings. The maximum atomic E-state index is 12.5. The molecule has 1 saturated heterocycles. The van der Waals surface area contributed by atoms with Crippen LogP contribution < -0.4 is 4.90 Å². The number of rotatable bonds is 4. The van der Waals surface area contributed by atoms with Gasteiger partial charge in [0.2, 0.25) is 5.91 Å². The zero-order valence-corrected chi connectivity index (χ0v) is 13.8. The van der Waals surface area contributed by atoms with Crippen LogP contribution in [0, 0.1) is 11.8 Å². The standard InChI is InChI=1S/C17H22N6O/c1-21(16-3-2-6-19-20-16)15-5-4-13-9-23(10-14(13)15)17(24)11-22-8-7-18-12-22/h2-3,6-8,12-15H,4-5,9-11H2,1H3/t13-,14+,15-/m1/s1. The SMILES string of the molecule is CN(c1cccnn1)[C@@H]1CC[C@@H]2CN(C(=O)Cn3ccnc3)C[C@@H]21. The molecule has 1 saturated carbocycles. The van der Waals surface area contributed by atoms with Crippen molar-refractivity contribution < 1.29 is 4.79 Å². The average molecular weight is 326 g/mol. The summed E-state index contributed by atoms with van der Waals surface area (Å²) in [4.78, 5) is 20.8. The van der Waals surface area contributed by atoms with Crippen LogP contribution in [0.25, 0.3) is 0 Å². The Morgan fingerprint density at radius 1 is 1.33 bits per heavy atom. The van der Waals surface area contributed by atoms with Crippen LogP contribution in [-0.2, 0) is 11.3 Å². The molecule has 1 aliphatic heterocycles. The molecule has 2 aromatic rings. The lowest BCUT2D eigenvalue weighted by Gasteiger charge is -2.30. The lowest BCUT2D eigenvalue weighted by molar-refractivity contribution is -0.131. The third kappa shape index (κ3) is 2.74. The minimum Gasteiger partial charge on any atom is -0.355 e. The summed E-state index contributed by atoms with van der Waals surface area (Å²) in [5.74, 6) is 2.21. The van der Waals surface area contributed by atoms with Crippen molar-refractivity contribution in [2.75, 3.05) is 25.0 Å². The summed E-state index contributed by atoms with van der Waals surface area (Å²) in [6.07, 6.45) is 9.26. The molecule has 0 N–H and O–H groups in total. The molecule has 2 fully saturated rings. The van der Waals surface area contributed by atoms with Gasteiger partial charge in [-0.25, -0.2) is 4.98 Å². The molecular weight excluding hydrogens is 304 g/mol. The van der Waals surface area contributed by atoms with Crippen molar-refractivity contribution in [1.29, 1.82) is 0 Å². The van der Waals surface area contributed by atoms with Crippen molar-refractivity contribution in [3.05, 3.63) is 37.1 Å². The third-order valence-electron chi connectivity index (χ3n) is 5.47. The first kappa shape index (κ1) is 15.1. The second-order valence-corrected chi connectivity index (χ2v) is 6.80. The van der Waals surface area contributed by atoms with Gasteiger partial charge in [-0.15, -0.1) is 5.10 Å². The first-order valence-corrected chi connectivity index (χ1v) is 8.46. The quantitative estimate of drug-likeness (QED) is 0.840. The molecular formula is C17H22N6O. The number of likely N-dealkylation sites (tertiary alicyclic amines) is 1. The van der Waals surface area contributed by atoms with Crippen molar-refractivity contribution in [3.8, 4) is 0 Å². The second-order valence-electron chi connectivity index (χ2n) is 6.80. The minimum absolute atomic E-state index is 0.184. The van der Waals surface area contributed by atoms with Gasteiger partial charge < -0.3 is 14.4 Å². The van der Waals surface area contributed by atoms with Crippen molar-refractivity contribution in [3.63, 3.8) is 0 Å². The molecule has 0 bridgehead atoms. The molecule has 1 aliphatic carbocycles. The van der Waals surface area contributed by atoms with Gasteiger partial charge in [-0.1, -0.05) is 0 Å². The Hall–Kier alpha value is -2.44. The summed E-state index contributed by atoms with van der Waals surface area (Å²) in [5.41, 5.74) is 0. The highest BCUT2D eigenvalue weighted by Crippen LogP contribution is 2.41. The van der Waals surface area contributed by atoms with Crippen molar-refractivity contribution >= 4 is 11.7 Å². The van der Waals surface area contributed by atoms with E-state index in [2.05, 4.69) is 27.1 Å². The molecule has 2 aromatic heterocycles. The zero-order chi connectivity index (χ0) is 16.5. The molecule has 3 atom stereocenters. The minimum atomic E-state index is 0.184. The lowest BCUT2D eigenvalue weighted by Crippen LogP contribution is -2.39. The molecule has 0 spiro atoms. The number of aromatic nitrogens is 4. The van der Waals surface area contributed by atoms with E-state index in [0.717, 1.165) is 25.3 Å². The topological polar surface area (TPSA) is 67.2 Å². The highest BCUT2D eigenvalue weighted by molar-refractivity contribution is 5.76. The predicted octanol–water partition coefficient (Wildman–Crippen LogP) is 1.05. The summed E-state index contributed by atoms with van der Waals surface area (Å²) in [6.45, 7) is 2.10. The number of hydrogen-bond donors (Lipinski definition) is 0. The summed E-state index contributed by atoms with van der Waals surface area (Å²) < 4.78 is 1.83. The van der Waals surface area contributed by atoms with E-state index in [0.29, 0.717) is 24.4 Å². The number of anilines is 1. The summed E-state index contributed by atoms with van der Waals surface area (Å²) >= 11 is 0. The monoisotopic (exact) mass is 326 g/mol. The Kier molecular flexibility index (Phi) is 3.92. The van der Waals surface area contributed by atoms with E-state index in [9.17, 15) is 4.79 Å². The van der Waals surface area contributed by atoms with Gasteiger partial charge in [0.25, 0.3) is 0 Å². The van der Waals surface area contributed by atoms with Crippen molar-refractivity contribution in [2.45, 2.75) is 25.4 Å². The smallest absolute Gasteiger partial charge is 0.242 e. The highest BCUT2D eigenvalue weighted by Gasteiger charge is 2.45. The van der Waals surface area contributed by atoms with E-state index >= 15 is 0 Å². The summed E-state index contributed by atoms with van der Waals surface area (Å²) in [7, 11) is 2.09. The Morgan fingerprint density at radius 3 is 3.00 bits per heavy atom. The Balaban J connectivity index is 1.42. The average Bonchev–Trinajstić information content (AvgIpc) is 3.31. The van der Waals surface area contributed by atoms with Gasteiger partial charge in [-0.05, 0) is 30.9 Å². The van der Waals surface area contributed by atoms with Gasteiger partial charge in [-0.3, -0.25) is 4.79 Å². The first-order chi connectivity index (χ1) is 11.7. The lowest BCUT2D eigenvalue weighted by atomic mass is 9.97. The molecule has 0 radical (unpaired) electrons. The van der Waals surface area contributed by atoms with Crippen LogP contribution >= 0.6 is 0 Å². The molecule has 3 heterocycles. The highest BCUT2D eigenvalue weighted by atomic mass is 16.2. The maximum Gasteiger partial charge on any atom is 0.242 e. The third-order valence-corrected chi connectivity index (χ3v) is 5.47. The molecule has 7 heteroatoms. The van der Waals surface area contributed by atoms with Crippen LogP contribution in [-0.4, -0.2) is 56.7 Å². The molecule has 24 heavy (non-hydrogen) atoms. The Morgan fingerprint density at radius 2 is 2.25 bits per heavy atom. The van der Waals surface area contributed by atoms with Crippen LogP contribution in [0.1, 0.15) is 12.8 Å². The molecule has 7 nitrogen and oxygen atoms in total. The molecule has 0 aromatic carbocycles. The number of hydrogen-bond acceptors (Lipinski definition) is 5. The fourth-order valence-electron chi connectivity index (χ4n) is 4.21. The molecule has 0 unspecified atom stereocenters. The molecule has 1 amide bonds. The predicted molar refractivity (Wildman–Crippen MR) is 89.2 cm³/mol. The van der Waals surface area contributed by atoms with Crippen LogP contribution in [0.5, 0.6) is 0 Å². The van der Waals surface area contributed by atoms with Gasteiger partial charge in [-0.2, -0.15) is 5.10 Å². The summed E-state index contributed by atoms with van der Waals surface area (Å²) in [6, 6.07) is 4.34. The van der Waals surface area contributed by atoms with Crippen LogP contribution in [0.3, 0.4) is 0 Å². The van der Waals surface area contributed by atoms with Gasteiger partial charge in [0.05, 0.1) is 6.33 Å². The number of carbonyl (C=O) groups is 1. The van der Waals surface area contributed by atoms with E-state index in [1.165, 1.54) is 6.42 Å². The van der Waals surface area contributed by atoms with E-state index in [-0.39, 0.29) is 5.91 Å². The van der Waals surface area contributed by atoms with Crippen molar-refractivity contribution in [1.82, 2.24) is 24.6 Å². The van der Waals surface area contributed by atoms with Gasteiger partial charge in [0.15, 0.2) is 5.82 Å². The van der Waals surface area contributed by atoms with Crippen LogP contribution in [0.15, 0.2) is 37.1 Å². The number of fused-ring (bicyclic) bond motifs is 1. The van der Waals surface area contributed by atoms with E-state index in [1.807, 2.05) is 27.8 Å². The van der Waals surface area contributed by atoms with E-state index in [1.54, 1.807) is 18.7 Å². The fourth-order valence-corrected chi connectivity index (χ4v) is 4.21. The number of carbonyl (C=O) groups excluding carboxylic acids is 1. The van der Waals surface area contributed by atoms with Gasteiger partial charge in [0.1, 0.15) is 6.54 Å². The number of imidazole rings is 1. The van der Waals surface area contributed by atoms with Gasteiger partial charge in [0, 0.05) is 50.7 Å². The Bertz CT molecular complexity index is 688. The van der Waals surface area contributed by atoms with E-state index in [4.69, 9.17) is 0 Å². The second kappa shape index (κ2) is 6.22. The zero-order valence-electron chi connectivity index (χ0n) is 13.8. The van der Waals surface area contributed by atoms with Crippen molar-refractivity contribution in [2.24, 2.45) is 11.8 Å². The van der Waals surface area contributed by atoms with Crippen LogP contribution in [0.4, 0.5) is 5.82 Å². The van der Waals surface area contributed by atoms with Gasteiger partial charge >= 0.3 is 0 Å². The fraction of sp³-hybridized carbons (Fsp3) is 0.529. The largest absolute Gasteiger partial charge is 0.355 e. The van der Waals surface area contributed by atoms with Crippen LogP contribution in [0.2, 0.25) is 0 Å². The first-order valence-electron chi connectivity index (χ1n) is 8.46. The summed E-state index contributed by atoms with van der Waals surface area (Å²) in [5, 5.41) is 8.21. The van der Waals surface area contributed by atoms with E-state index < -0.39 is 0 Å². The Labute approximate surface area is 141 Å². The number of nitrogens with zero attached hydrogens (tertiary/aromatic N) is 6. The molecule has 126 valence electrons. The molecule has 4 rings (SSSR count). The maximum absolute atomic E-state index is 12.5. The number of amides is 1.